The van der Waals surface area contributed by atoms with Gasteiger partial charge >= 0.3 is 5.97 Å². The lowest BCUT2D eigenvalue weighted by molar-refractivity contribution is -0.156. The normalized spacial score (nSPS) is 11.2. The van der Waals surface area contributed by atoms with Gasteiger partial charge in [-0.15, -0.1) is 0 Å². The van der Waals surface area contributed by atoms with E-state index in [0.717, 1.165) is 6.42 Å². The van der Waals surface area contributed by atoms with Crippen LogP contribution >= 0.6 is 0 Å². The van der Waals surface area contributed by atoms with E-state index in [1.807, 2.05) is 20.8 Å². The molecule has 0 aromatic heterocycles. The number of carbonyl (C=O) groups excluding carboxylic acids is 2. The van der Waals surface area contributed by atoms with Crippen LogP contribution in [0.25, 0.3) is 0 Å². The highest BCUT2D eigenvalue weighted by Crippen LogP contribution is 2.09. The van der Waals surface area contributed by atoms with Crippen molar-refractivity contribution in [2.24, 2.45) is 0 Å². The zero-order valence-corrected chi connectivity index (χ0v) is 12.1. The van der Waals surface area contributed by atoms with Gasteiger partial charge in [-0.3, -0.25) is 9.59 Å². The Labute approximate surface area is 109 Å². The summed E-state index contributed by atoms with van der Waals surface area (Å²) in [7, 11) is 3.36. The van der Waals surface area contributed by atoms with Gasteiger partial charge in [0.25, 0.3) is 0 Å². The average Bonchev–Trinajstić information content (AvgIpc) is 2.23. The molecule has 0 aliphatic rings. The molecule has 0 atom stereocenters. The largest absolute Gasteiger partial charge is 0.460 e. The van der Waals surface area contributed by atoms with E-state index in [2.05, 4.69) is 0 Å². The first-order valence-corrected chi connectivity index (χ1v) is 6.21. The van der Waals surface area contributed by atoms with Gasteiger partial charge in [0, 0.05) is 33.7 Å². The van der Waals surface area contributed by atoms with Crippen LogP contribution in [0, 0.1) is 0 Å². The quantitative estimate of drug-likeness (QED) is 0.515. The lowest BCUT2D eigenvalue weighted by Crippen LogP contribution is -2.30. The lowest BCUT2D eigenvalue weighted by Gasteiger charge is -2.20. The predicted molar refractivity (Wildman–Crippen MR) is 69.2 cm³/mol. The summed E-state index contributed by atoms with van der Waals surface area (Å²) in [5.41, 5.74) is -0.496. The third-order valence-electron chi connectivity index (χ3n) is 2.23. The summed E-state index contributed by atoms with van der Waals surface area (Å²) in [4.78, 5) is 24.7. The highest BCUT2D eigenvalue weighted by atomic mass is 16.6. The molecule has 0 unspecified atom stereocenters. The highest BCUT2D eigenvalue weighted by molar-refractivity contribution is 5.81. The number of methoxy groups -OCH3 is 1. The van der Waals surface area contributed by atoms with Crippen molar-refractivity contribution in [1.29, 1.82) is 0 Å². The molecule has 0 N–H and O–H groups in total. The second-order valence-electron chi connectivity index (χ2n) is 5.25. The third-order valence-corrected chi connectivity index (χ3v) is 2.23. The topological polar surface area (TPSA) is 55.8 Å². The zero-order chi connectivity index (χ0) is 14.2. The smallest absolute Gasteiger partial charge is 0.306 e. The summed E-state index contributed by atoms with van der Waals surface area (Å²) in [6.45, 7) is 6.70. The molecule has 0 aromatic rings. The van der Waals surface area contributed by atoms with Gasteiger partial charge in [0.2, 0.25) is 5.91 Å². The molecule has 0 radical (unpaired) electrons. The fourth-order valence-corrected chi connectivity index (χ4v) is 1.36. The Bertz CT molecular complexity index is 271. The fourth-order valence-electron chi connectivity index (χ4n) is 1.36. The molecule has 0 spiro atoms. The van der Waals surface area contributed by atoms with Crippen molar-refractivity contribution in [1.82, 2.24) is 4.90 Å². The van der Waals surface area contributed by atoms with E-state index in [0.29, 0.717) is 13.2 Å². The Morgan fingerprint density at radius 3 is 2.28 bits per heavy atom. The maximum absolute atomic E-state index is 11.7. The second kappa shape index (κ2) is 8.08. The molecular weight excluding hydrogens is 234 g/mol. The van der Waals surface area contributed by atoms with Crippen LogP contribution < -0.4 is 0 Å². The van der Waals surface area contributed by atoms with Gasteiger partial charge in [-0.2, -0.15) is 0 Å². The molecule has 5 heteroatoms. The van der Waals surface area contributed by atoms with Crippen LogP contribution in [0.4, 0.5) is 0 Å². The fraction of sp³-hybridized carbons (Fsp3) is 0.846. The molecule has 106 valence electrons. The molecule has 0 heterocycles. The Balaban J connectivity index is 3.85. The van der Waals surface area contributed by atoms with Crippen LogP contribution in [0.5, 0.6) is 0 Å². The van der Waals surface area contributed by atoms with E-state index in [1.54, 1.807) is 19.1 Å². The molecule has 0 rings (SSSR count). The number of carbonyl (C=O) groups is 2. The van der Waals surface area contributed by atoms with Crippen LogP contribution in [0.1, 0.15) is 40.0 Å². The van der Waals surface area contributed by atoms with Gasteiger partial charge in [-0.1, -0.05) is 0 Å². The first-order valence-electron chi connectivity index (χ1n) is 6.21. The molecule has 0 saturated heterocycles. The van der Waals surface area contributed by atoms with Gasteiger partial charge in [0.1, 0.15) is 5.60 Å². The minimum atomic E-state index is -0.496. The molecule has 5 nitrogen and oxygen atoms in total. The Kier molecular flexibility index (Phi) is 7.59. The predicted octanol–water partition coefficient (Wildman–Crippen LogP) is 1.60. The van der Waals surface area contributed by atoms with Crippen molar-refractivity contribution < 1.29 is 19.1 Å². The van der Waals surface area contributed by atoms with E-state index in [-0.39, 0.29) is 24.7 Å². The van der Waals surface area contributed by atoms with Crippen LogP contribution in [0.3, 0.4) is 0 Å². The van der Waals surface area contributed by atoms with Crippen molar-refractivity contribution in [3.8, 4) is 0 Å². The van der Waals surface area contributed by atoms with Gasteiger partial charge < -0.3 is 14.4 Å². The number of ether oxygens (including phenoxy) is 2. The minimum Gasteiger partial charge on any atom is -0.460 e. The maximum Gasteiger partial charge on any atom is 0.306 e. The van der Waals surface area contributed by atoms with Gasteiger partial charge in [-0.05, 0) is 27.2 Å². The van der Waals surface area contributed by atoms with E-state index >= 15 is 0 Å². The zero-order valence-electron chi connectivity index (χ0n) is 12.1. The van der Waals surface area contributed by atoms with Crippen molar-refractivity contribution >= 4 is 11.9 Å². The van der Waals surface area contributed by atoms with E-state index in [1.165, 1.54) is 0 Å². The highest BCUT2D eigenvalue weighted by Gasteiger charge is 2.18. The minimum absolute atomic E-state index is 0.0445. The summed E-state index contributed by atoms with van der Waals surface area (Å²) in [5, 5.41) is 0. The van der Waals surface area contributed by atoms with E-state index in [9.17, 15) is 9.59 Å². The molecule has 1 amide bonds. The van der Waals surface area contributed by atoms with Crippen LogP contribution in [0.15, 0.2) is 0 Å². The second-order valence-corrected chi connectivity index (χ2v) is 5.25. The summed E-state index contributed by atoms with van der Waals surface area (Å²) in [6, 6.07) is 0. The monoisotopic (exact) mass is 259 g/mol. The number of amides is 1. The summed E-state index contributed by atoms with van der Waals surface area (Å²) < 4.78 is 10.0. The van der Waals surface area contributed by atoms with E-state index in [4.69, 9.17) is 9.47 Å². The van der Waals surface area contributed by atoms with Crippen LogP contribution in [-0.2, 0) is 19.1 Å². The Morgan fingerprint density at radius 2 is 1.78 bits per heavy atom. The number of nitrogens with zero attached hydrogens (tertiary/aromatic N) is 1. The average molecular weight is 259 g/mol. The number of esters is 1. The maximum atomic E-state index is 11.7. The number of rotatable bonds is 7. The van der Waals surface area contributed by atoms with Crippen molar-refractivity contribution in [3.05, 3.63) is 0 Å². The molecule has 0 bridgehead atoms. The van der Waals surface area contributed by atoms with Gasteiger partial charge in [-0.25, -0.2) is 0 Å². The molecule has 0 aromatic carbocycles. The SMILES string of the molecule is COCCCN(C)C(=O)CCC(=O)OC(C)(C)C. The molecule has 0 aliphatic heterocycles. The number of hydrogen-bond acceptors (Lipinski definition) is 4. The first kappa shape index (κ1) is 16.9. The summed E-state index contributed by atoms with van der Waals surface area (Å²) >= 11 is 0. The molecule has 0 aliphatic carbocycles. The standard InChI is InChI=1S/C13H25NO4/c1-13(2,3)18-12(16)8-7-11(15)14(4)9-6-10-17-5/h6-10H2,1-5H3. The molecular formula is C13H25NO4. The van der Waals surface area contributed by atoms with Crippen molar-refractivity contribution in [2.45, 2.75) is 45.6 Å². The summed E-state index contributed by atoms with van der Waals surface area (Å²) in [6.07, 6.45) is 1.12. The lowest BCUT2D eigenvalue weighted by atomic mass is 10.2. The third kappa shape index (κ3) is 8.98. The van der Waals surface area contributed by atoms with Crippen LogP contribution in [0.2, 0.25) is 0 Å². The summed E-state index contributed by atoms with van der Waals surface area (Å²) in [5.74, 6) is -0.377. The van der Waals surface area contributed by atoms with Gasteiger partial charge in [0.05, 0.1) is 6.42 Å². The van der Waals surface area contributed by atoms with Crippen LogP contribution in [-0.4, -0.2) is 49.7 Å². The first-order chi connectivity index (χ1) is 8.26. The molecule has 0 saturated carbocycles. The van der Waals surface area contributed by atoms with Gasteiger partial charge in [0.15, 0.2) is 0 Å². The Morgan fingerprint density at radius 1 is 1.17 bits per heavy atom. The van der Waals surface area contributed by atoms with E-state index < -0.39 is 5.60 Å². The Hall–Kier alpha value is -1.10. The molecule has 18 heavy (non-hydrogen) atoms. The molecule has 0 fully saturated rings. The van der Waals surface area contributed by atoms with Crippen molar-refractivity contribution in [3.63, 3.8) is 0 Å². The number of hydrogen-bond donors (Lipinski definition) is 0. The van der Waals surface area contributed by atoms with Crippen molar-refractivity contribution in [2.75, 3.05) is 27.3 Å².